The number of hydrogen-bond donors (Lipinski definition) is 0. The Morgan fingerprint density at radius 1 is 1.00 bits per heavy atom. The second-order valence-electron chi connectivity index (χ2n) is 4.10. The molecule has 102 valence electrons. The standard InChI is InChI=1S/C13H9O5PS/c14-12-8-4-1-2-7-11(8)20-13-9(12)5-3-6-10(13)18-19(15,16)17/h1-7H,(H2,15,16,17)/p-2. The van der Waals surface area contributed by atoms with Crippen molar-refractivity contribution in [2.24, 2.45) is 0 Å². The predicted octanol–water partition coefficient (Wildman–Crippen LogP) is 1.62. The molecule has 7 heteroatoms. The Hall–Kier alpha value is -1.72. The summed E-state index contributed by atoms with van der Waals surface area (Å²) in [7, 11) is -5.16. The van der Waals surface area contributed by atoms with Crippen molar-refractivity contribution < 1.29 is 18.9 Å². The lowest BCUT2D eigenvalue weighted by Crippen LogP contribution is -2.18. The zero-order valence-electron chi connectivity index (χ0n) is 9.94. The quantitative estimate of drug-likeness (QED) is 0.530. The highest BCUT2D eigenvalue weighted by atomic mass is 32.1. The van der Waals surface area contributed by atoms with Crippen molar-refractivity contribution in [3.8, 4) is 5.75 Å². The molecule has 1 aromatic heterocycles. The second-order valence-corrected chi connectivity index (χ2v) is 6.23. The SMILES string of the molecule is O=c1c2ccccc2sc2c(OP(=O)([O-])[O-])cccc12. The van der Waals surface area contributed by atoms with Crippen molar-refractivity contribution in [2.75, 3.05) is 0 Å². The van der Waals surface area contributed by atoms with Crippen LogP contribution in [0, 0.1) is 0 Å². The molecule has 0 aliphatic rings. The third-order valence-electron chi connectivity index (χ3n) is 2.78. The maximum atomic E-state index is 12.3. The average molecular weight is 306 g/mol. The van der Waals surface area contributed by atoms with Crippen LogP contribution in [-0.2, 0) is 4.57 Å². The lowest BCUT2D eigenvalue weighted by atomic mass is 10.2. The lowest BCUT2D eigenvalue weighted by Gasteiger charge is -2.29. The molecule has 3 aromatic rings. The zero-order valence-corrected chi connectivity index (χ0v) is 11.6. The number of fused-ring (bicyclic) bond motifs is 2. The fourth-order valence-corrected chi connectivity index (χ4v) is 3.56. The van der Waals surface area contributed by atoms with Crippen molar-refractivity contribution >= 4 is 39.3 Å². The predicted molar refractivity (Wildman–Crippen MR) is 73.8 cm³/mol. The molecule has 0 radical (unpaired) electrons. The zero-order chi connectivity index (χ0) is 14.3. The van der Waals surface area contributed by atoms with Crippen molar-refractivity contribution in [1.29, 1.82) is 0 Å². The summed E-state index contributed by atoms with van der Waals surface area (Å²) in [6.45, 7) is 0. The summed E-state index contributed by atoms with van der Waals surface area (Å²) in [5.74, 6) is -0.108. The van der Waals surface area contributed by atoms with Crippen LogP contribution in [0.1, 0.15) is 0 Å². The second kappa shape index (κ2) is 4.68. The van der Waals surface area contributed by atoms with Gasteiger partial charge in [0.25, 0.3) is 0 Å². The third kappa shape index (κ3) is 2.34. The number of phosphoric ester groups is 1. The lowest BCUT2D eigenvalue weighted by molar-refractivity contribution is -0.333. The van der Waals surface area contributed by atoms with E-state index < -0.39 is 7.82 Å². The van der Waals surface area contributed by atoms with Crippen molar-refractivity contribution in [1.82, 2.24) is 0 Å². The van der Waals surface area contributed by atoms with Crippen molar-refractivity contribution in [3.63, 3.8) is 0 Å². The van der Waals surface area contributed by atoms with E-state index in [1.807, 2.05) is 0 Å². The summed E-state index contributed by atoms with van der Waals surface area (Å²) in [4.78, 5) is 33.9. The van der Waals surface area contributed by atoms with E-state index in [4.69, 9.17) is 0 Å². The Morgan fingerprint density at radius 2 is 1.70 bits per heavy atom. The normalized spacial score (nSPS) is 11.9. The molecule has 2 aromatic carbocycles. The van der Waals surface area contributed by atoms with E-state index in [-0.39, 0.29) is 11.2 Å². The van der Waals surface area contributed by atoms with E-state index in [1.165, 1.54) is 23.5 Å². The fourth-order valence-electron chi connectivity index (χ4n) is 1.99. The number of hydrogen-bond acceptors (Lipinski definition) is 6. The molecular weight excluding hydrogens is 299 g/mol. The largest absolute Gasteiger partial charge is 0.780 e. The Labute approximate surface area is 117 Å². The summed E-state index contributed by atoms with van der Waals surface area (Å²) in [6, 6.07) is 11.4. The molecule has 0 saturated carbocycles. The maximum absolute atomic E-state index is 12.3. The molecule has 20 heavy (non-hydrogen) atoms. The topological polar surface area (TPSA) is 89.5 Å². The van der Waals surface area contributed by atoms with Crippen molar-refractivity contribution in [3.05, 3.63) is 52.7 Å². The van der Waals surface area contributed by atoms with Gasteiger partial charge in [-0.3, -0.25) is 4.79 Å². The average Bonchev–Trinajstić information content (AvgIpc) is 2.39. The van der Waals surface area contributed by atoms with Crippen molar-refractivity contribution in [2.45, 2.75) is 0 Å². The molecule has 0 aliphatic carbocycles. The molecule has 0 spiro atoms. The minimum Gasteiger partial charge on any atom is -0.780 e. The molecule has 0 saturated heterocycles. The first-order valence-electron chi connectivity index (χ1n) is 5.62. The number of rotatable bonds is 2. The van der Waals surface area contributed by atoms with E-state index in [1.54, 1.807) is 30.3 Å². The van der Waals surface area contributed by atoms with Gasteiger partial charge in [-0.25, -0.2) is 0 Å². The van der Waals surface area contributed by atoms with E-state index in [2.05, 4.69) is 4.52 Å². The van der Waals surface area contributed by atoms with E-state index in [9.17, 15) is 19.1 Å². The molecule has 0 N–H and O–H groups in total. The van der Waals surface area contributed by atoms with Crippen LogP contribution in [0.5, 0.6) is 5.75 Å². The van der Waals surface area contributed by atoms with Gasteiger partial charge in [0.05, 0.1) is 4.70 Å². The number of benzene rings is 2. The Balaban J connectivity index is 2.40. The van der Waals surface area contributed by atoms with Gasteiger partial charge in [0.2, 0.25) is 0 Å². The third-order valence-corrected chi connectivity index (χ3v) is 4.40. The van der Waals surface area contributed by atoms with Gasteiger partial charge in [-0.2, -0.15) is 0 Å². The van der Waals surface area contributed by atoms with Gasteiger partial charge in [0.1, 0.15) is 13.6 Å². The van der Waals surface area contributed by atoms with E-state index in [0.717, 1.165) is 0 Å². The Kier molecular flexibility index (Phi) is 3.11. The van der Waals surface area contributed by atoms with E-state index in [0.29, 0.717) is 20.2 Å². The van der Waals surface area contributed by atoms with Crippen LogP contribution in [0.25, 0.3) is 20.2 Å². The molecular formula is C13H7O5PS-2. The highest BCUT2D eigenvalue weighted by Gasteiger charge is 2.10. The van der Waals surface area contributed by atoms with Gasteiger partial charge in [0, 0.05) is 15.5 Å². The van der Waals surface area contributed by atoms with E-state index >= 15 is 0 Å². The van der Waals surface area contributed by atoms with Gasteiger partial charge in [-0.1, -0.05) is 18.2 Å². The van der Waals surface area contributed by atoms with Gasteiger partial charge in [-0.05, 0) is 24.3 Å². The first-order valence-corrected chi connectivity index (χ1v) is 7.90. The van der Waals surface area contributed by atoms with Crippen LogP contribution in [0.15, 0.2) is 47.3 Å². The first-order chi connectivity index (χ1) is 9.46. The smallest absolute Gasteiger partial charge is 0.196 e. The highest BCUT2D eigenvalue weighted by Crippen LogP contribution is 2.37. The van der Waals surface area contributed by atoms with Crippen LogP contribution in [0.2, 0.25) is 0 Å². The Morgan fingerprint density at radius 3 is 2.45 bits per heavy atom. The van der Waals surface area contributed by atoms with Crippen LogP contribution in [0.3, 0.4) is 0 Å². The van der Waals surface area contributed by atoms with Crippen LogP contribution in [0.4, 0.5) is 0 Å². The summed E-state index contributed by atoms with van der Waals surface area (Å²) in [6.07, 6.45) is 0. The summed E-state index contributed by atoms with van der Waals surface area (Å²) in [5.41, 5.74) is -0.216. The molecule has 1 heterocycles. The van der Waals surface area contributed by atoms with Gasteiger partial charge < -0.3 is 18.9 Å². The molecule has 0 bridgehead atoms. The molecule has 0 amide bonds. The minimum atomic E-state index is -5.16. The van der Waals surface area contributed by atoms with Gasteiger partial charge in [-0.15, -0.1) is 11.3 Å². The maximum Gasteiger partial charge on any atom is 0.196 e. The molecule has 5 nitrogen and oxygen atoms in total. The fraction of sp³-hybridized carbons (Fsp3) is 0. The van der Waals surface area contributed by atoms with Crippen LogP contribution >= 0.6 is 19.2 Å². The molecule has 3 rings (SSSR count). The monoisotopic (exact) mass is 306 g/mol. The highest BCUT2D eigenvalue weighted by molar-refractivity contribution is 7.43. The van der Waals surface area contributed by atoms with Gasteiger partial charge in [0.15, 0.2) is 5.43 Å². The van der Waals surface area contributed by atoms with Gasteiger partial charge >= 0.3 is 0 Å². The van der Waals surface area contributed by atoms with Crippen LogP contribution < -0.4 is 19.7 Å². The molecule has 0 fully saturated rings. The van der Waals surface area contributed by atoms with Crippen LogP contribution in [-0.4, -0.2) is 0 Å². The first kappa shape index (κ1) is 13.3. The summed E-state index contributed by atoms with van der Waals surface area (Å²) in [5, 5.41) is 0.884. The minimum absolute atomic E-state index is 0.108. The number of phosphoric acid groups is 1. The summed E-state index contributed by atoms with van der Waals surface area (Å²) < 4.78 is 16.3. The molecule has 0 unspecified atom stereocenters. The molecule has 0 atom stereocenters. The molecule has 0 aliphatic heterocycles. The Bertz CT molecular complexity index is 911. The summed E-state index contributed by atoms with van der Waals surface area (Å²) >= 11 is 1.21.